The summed E-state index contributed by atoms with van der Waals surface area (Å²) in [6.45, 7) is 3.80. The van der Waals surface area contributed by atoms with E-state index in [0.29, 0.717) is 12.1 Å². The maximum Gasteiger partial charge on any atom is 0.305 e. The van der Waals surface area contributed by atoms with E-state index in [4.69, 9.17) is 5.11 Å². The van der Waals surface area contributed by atoms with Crippen LogP contribution in [0.4, 0.5) is 11.4 Å². The maximum absolute atomic E-state index is 10.8. The first-order valence-electron chi connectivity index (χ1n) is 6.17. The molecule has 0 spiro atoms. The van der Waals surface area contributed by atoms with Crippen LogP contribution in [-0.2, 0) is 4.79 Å². The van der Waals surface area contributed by atoms with Crippen LogP contribution in [0.3, 0.4) is 0 Å². The molecule has 0 saturated carbocycles. The number of aliphatic carboxylic acids is 1. The molecular weight excluding hydrogens is 248 g/mol. The number of hydrogen-bond donors (Lipinski definition) is 2. The molecule has 1 aromatic rings. The SMILES string of the molecule is CCCC(CC(=O)O)Nc1cc([N+](=O)[O-])ccc1C. The van der Waals surface area contributed by atoms with Crippen LogP contribution < -0.4 is 5.32 Å². The van der Waals surface area contributed by atoms with E-state index >= 15 is 0 Å². The molecule has 0 aliphatic heterocycles. The van der Waals surface area contributed by atoms with Crippen molar-refractivity contribution in [2.45, 2.75) is 39.2 Å². The van der Waals surface area contributed by atoms with Gasteiger partial charge in [-0.3, -0.25) is 14.9 Å². The Kier molecular flexibility index (Phi) is 5.29. The van der Waals surface area contributed by atoms with Crippen LogP contribution in [0.2, 0.25) is 0 Å². The van der Waals surface area contributed by atoms with Gasteiger partial charge in [0.15, 0.2) is 0 Å². The van der Waals surface area contributed by atoms with Crippen molar-refractivity contribution in [2.75, 3.05) is 5.32 Å². The number of aryl methyl sites for hydroxylation is 1. The zero-order chi connectivity index (χ0) is 14.4. The van der Waals surface area contributed by atoms with Crippen LogP contribution in [0.25, 0.3) is 0 Å². The van der Waals surface area contributed by atoms with Crippen molar-refractivity contribution in [3.63, 3.8) is 0 Å². The smallest absolute Gasteiger partial charge is 0.305 e. The number of nitrogens with one attached hydrogen (secondary N) is 1. The van der Waals surface area contributed by atoms with Gasteiger partial charge in [0, 0.05) is 23.9 Å². The number of nitro groups is 1. The van der Waals surface area contributed by atoms with Gasteiger partial charge in [0.2, 0.25) is 0 Å². The first kappa shape index (κ1) is 14.9. The van der Waals surface area contributed by atoms with Gasteiger partial charge < -0.3 is 10.4 Å². The van der Waals surface area contributed by atoms with E-state index in [-0.39, 0.29) is 18.2 Å². The van der Waals surface area contributed by atoms with E-state index in [1.165, 1.54) is 12.1 Å². The van der Waals surface area contributed by atoms with E-state index in [1.807, 2.05) is 13.8 Å². The molecule has 1 unspecified atom stereocenters. The Labute approximate surface area is 111 Å². The second-order valence-electron chi connectivity index (χ2n) is 4.48. The highest BCUT2D eigenvalue weighted by atomic mass is 16.6. The highest BCUT2D eigenvalue weighted by Gasteiger charge is 2.15. The van der Waals surface area contributed by atoms with Gasteiger partial charge in [-0.15, -0.1) is 0 Å². The van der Waals surface area contributed by atoms with Gasteiger partial charge in [0.1, 0.15) is 0 Å². The summed E-state index contributed by atoms with van der Waals surface area (Å²) in [7, 11) is 0. The van der Waals surface area contributed by atoms with Crippen LogP contribution in [0.15, 0.2) is 18.2 Å². The molecule has 0 saturated heterocycles. The second-order valence-corrected chi connectivity index (χ2v) is 4.48. The number of benzene rings is 1. The number of carboxylic acid groups (broad SMARTS) is 1. The number of nitrogens with zero attached hydrogens (tertiary/aromatic N) is 1. The number of carbonyl (C=O) groups is 1. The molecule has 2 N–H and O–H groups in total. The van der Waals surface area contributed by atoms with Gasteiger partial charge in [-0.1, -0.05) is 19.4 Å². The standard InChI is InChI=1S/C13H18N2O4/c1-3-4-10(7-13(16)17)14-12-8-11(15(18)19)6-5-9(12)2/h5-6,8,10,14H,3-4,7H2,1-2H3,(H,16,17). The molecule has 0 fully saturated rings. The van der Waals surface area contributed by atoms with Crippen LogP contribution in [0.5, 0.6) is 0 Å². The van der Waals surface area contributed by atoms with Crippen LogP contribution >= 0.6 is 0 Å². The summed E-state index contributed by atoms with van der Waals surface area (Å²) in [4.78, 5) is 21.1. The fourth-order valence-electron chi connectivity index (χ4n) is 1.88. The Morgan fingerprint density at radius 3 is 2.74 bits per heavy atom. The van der Waals surface area contributed by atoms with Crippen molar-refractivity contribution in [1.82, 2.24) is 0 Å². The Morgan fingerprint density at radius 1 is 1.53 bits per heavy atom. The topological polar surface area (TPSA) is 92.5 Å². The van der Waals surface area contributed by atoms with Crippen molar-refractivity contribution in [1.29, 1.82) is 0 Å². The molecule has 104 valence electrons. The number of rotatable bonds is 7. The van der Waals surface area contributed by atoms with Gasteiger partial charge >= 0.3 is 5.97 Å². The third-order valence-electron chi connectivity index (χ3n) is 2.85. The maximum atomic E-state index is 10.8. The quantitative estimate of drug-likeness (QED) is 0.584. The molecule has 1 rings (SSSR count). The van der Waals surface area contributed by atoms with Crippen LogP contribution in [0, 0.1) is 17.0 Å². The van der Waals surface area contributed by atoms with Gasteiger partial charge in [0.05, 0.1) is 11.3 Å². The number of nitro benzene ring substituents is 1. The summed E-state index contributed by atoms with van der Waals surface area (Å²) in [6.07, 6.45) is 1.54. The zero-order valence-corrected chi connectivity index (χ0v) is 11.0. The normalized spacial score (nSPS) is 11.9. The molecule has 0 aliphatic rings. The fourth-order valence-corrected chi connectivity index (χ4v) is 1.88. The highest BCUT2D eigenvalue weighted by Crippen LogP contribution is 2.23. The van der Waals surface area contributed by atoms with Crippen molar-refractivity contribution in [3.05, 3.63) is 33.9 Å². The monoisotopic (exact) mass is 266 g/mol. The van der Waals surface area contributed by atoms with Gasteiger partial charge in [0.25, 0.3) is 5.69 Å². The summed E-state index contributed by atoms with van der Waals surface area (Å²) in [5.74, 6) is -0.881. The fraction of sp³-hybridized carbons (Fsp3) is 0.462. The van der Waals surface area contributed by atoms with Crippen LogP contribution in [0.1, 0.15) is 31.7 Å². The molecule has 1 aromatic carbocycles. The first-order chi connectivity index (χ1) is 8.93. The van der Waals surface area contributed by atoms with E-state index in [0.717, 1.165) is 12.0 Å². The van der Waals surface area contributed by atoms with Crippen LogP contribution in [-0.4, -0.2) is 22.0 Å². The van der Waals surface area contributed by atoms with Crippen molar-refractivity contribution < 1.29 is 14.8 Å². The lowest BCUT2D eigenvalue weighted by Gasteiger charge is -2.18. The zero-order valence-electron chi connectivity index (χ0n) is 11.0. The predicted molar refractivity (Wildman–Crippen MR) is 72.4 cm³/mol. The Hall–Kier alpha value is -2.11. The lowest BCUT2D eigenvalue weighted by atomic mass is 10.1. The third kappa shape index (κ3) is 4.57. The van der Waals surface area contributed by atoms with Gasteiger partial charge in [-0.2, -0.15) is 0 Å². The molecule has 19 heavy (non-hydrogen) atoms. The van der Waals surface area contributed by atoms with Gasteiger partial charge in [-0.25, -0.2) is 0 Å². The summed E-state index contributed by atoms with van der Waals surface area (Å²) >= 11 is 0. The minimum atomic E-state index is -0.881. The van der Waals surface area contributed by atoms with E-state index in [2.05, 4.69) is 5.32 Å². The minimum Gasteiger partial charge on any atom is -0.481 e. The summed E-state index contributed by atoms with van der Waals surface area (Å²) in [5, 5.41) is 22.7. The summed E-state index contributed by atoms with van der Waals surface area (Å²) in [5.41, 5.74) is 1.48. The molecule has 0 heterocycles. The number of hydrogen-bond acceptors (Lipinski definition) is 4. The molecule has 0 aromatic heterocycles. The second kappa shape index (κ2) is 6.72. The molecule has 0 aliphatic carbocycles. The lowest BCUT2D eigenvalue weighted by molar-refractivity contribution is -0.384. The number of anilines is 1. The van der Waals surface area contributed by atoms with Crippen molar-refractivity contribution >= 4 is 17.3 Å². The highest BCUT2D eigenvalue weighted by molar-refractivity contribution is 5.68. The van der Waals surface area contributed by atoms with E-state index in [9.17, 15) is 14.9 Å². The number of carboxylic acids is 1. The van der Waals surface area contributed by atoms with E-state index in [1.54, 1.807) is 6.07 Å². The molecule has 1 atom stereocenters. The molecule has 6 heteroatoms. The molecule has 0 bridgehead atoms. The predicted octanol–water partition coefficient (Wildman–Crippen LogP) is 2.96. The summed E-state index contributed by atoms with van der Waals surface area (Å²) < 4.78 is 0. The van der Waals surface area contributed by atoms with Gasteiger partial charge in [-0.05, 0) is 18.9 Å². The van der Waals surface area contributed by atoms with Crippen molar-refractivity contribution in [3.8, 4) is 0 Å². The lowest BCUT2D eigenvalue weighted by Crippen LogP contribution is -2.23. The first-order valence-corrected chi connectivity index (χ1v) is 6.17. The molecule has 0 amide bonds. The summed E-state index contributed by atoms with van der Waals surface area (Å²) in [6, 6.07) is 4.32. The molecular formula is C13H18N2O4. The largest absolute Gasteiger partial charge is 0.481 e. The molecule has 0 radical (unpaired) electrons. The van der Waals surface area contributed by atoms with Crippen molar-refractivity contribution in [2.24, 2.45) is 0 Å². The molecule has 6 nitrogen and oxygen atoms in total. The Morgan fingerprint density at radius 2 is 2.21 bits per heavy atom. The average Bonchev–Trinajstić information content (AvgIpc) is 2.31. The van der Waals surface area contributed by atoms with E-state index < -0.39 is 10.9 Å². The minimum absolute atomic E-state index is 0.00123. The average molecular weight is 266 g/mol. The number of non-ortho nitro benzene ring substituents is 1. The Bertz CT molecular complexity index is 474. The third-order valence-corrected chi connectivity index (χ3v) is 2.85. The Balaban J connectivity index is 2.91.